The first-order valence-corrected chi connectivity index (χ1v) is 6.99. The average Bonchev–Trinajstić information content (AvgIpc) is 3.12. The first-order valence-electron chi connectivity index (χ1n) is 6.99. The standard InChI is InChI=1S/C15H20N4O3/c1-15(2,3)8-17-14(21)12-11(18-9-19-12)13(20)16-7-10-5-4-6-22-10/h4-6,9H,7-8H2,1-3H3,(H,16,20)(H,17,21)(H,18,19). The van der Waals surface area contributed by atoms with Crippen molar-refractivity contribution in [1.29, 1.82) is 0 Å². The molecule has 7 nitrogen and oxygen atoms in total. The van der Waals surface area contributed by atoms with E-state index in [0.717, 1.165) is 0 Å². The number of hydrogen-bond donors (Lipinski definition) is 3. The van der Waals surface area contributed by atoms with Crippen LogP contribution >= 0.6 is 0 Å². The molecular weight excluding hydrogens is 284 g/mol. The zero-order valence-corrected chi connectivity index (χ0v) is 12.9. The van der Waals surface area contributed by atoms with Crippen molar-refractivity contribution in [3.63, 3.8) is 0 Å². The second-order valence-corrected chi connectivity index (χ2v) is 6.13. The zero-order chi connectivity index (χ0) is 16.2. The predicted octanol–water partition coefficient (Wildman–Crippen LogP) is 1.71. The number of nitrogens with one attached hydrogen (secondary N) is 3. The van der Waals surface area contributed by atoms with E-state index in [0.29, 0.717) is 12.3 Å². The lowest BCUT2D eigenvalue weighted by Gasteiger charge is -2.18. The van der Waals surface area contributed by atoms with Crippen molar-refractivity contribution in [1.82, 2.24) is 20.6 Å². The summed E-state index contributed by atoms with van der Waals surface area (Å²) < 4.78 is 5.14. The van der Waals surface area contributed by atoms with Crippen LogP contribution in [0.1, 0.15) is 47.5 Å². The van der Waals surface area contributed by atoms with Crippen molar-refractivity contribution < 1.29 is 14.0 Å². The van der Waals surface area contributed by atoms with Crippen LogP contribution in [0.3, 0.4) is 0 Å². The summed E-state index contributed by atoms with van der Waals surface area (Å²) in [6.45, 7) is 6.76. The highest BCUT2D eigenvalue weighted by atomic mass is 16.3. The van der Waals surface area contributed by atoms with Crippen LogP contribution in [0.4, 0.5) is 0 Å². The maximum atomic E-state index is 12.1. The van der Waals surface area contributed by atoms with E-state index in [-0.39, 0.29) is 29.3 Å². The predicted molar refractivity (Wildman–Crippen MR) is 80.3 cm³/mol. The van der Waals surface area contributed by atoms with E-state index < -0.39 is 5.91 Å². The molecule has 0 aliphatic carbocycles. The van der Waals surface area contributed by atoms with Gasteiger partial charge in [-0.1, -0.05) is 20.8 Å². The van der Waals surface area contributed by atoms with Gasteiger partial charge in [0.1, 0.15) is 11.5 Å². The molecule has 0 bridgehead atoms. The van der Waals surface area contributed by atoms with Crippen molar-refractivity contribution >= 4 is 11.8 Å². The summed E-state index contributed by atoms with van der Waals surface area (Å²) in [6, 6.07) is 3.49. The van der Waals surface area contributed by atoms with E-state index in [9.17, 15) is 9.59 Å². The summed E-state index contributed by atoms with van der Waals surface area (Å²) in [5.74, 6) is -0.152. The molecule has 0 aromatic carbocycles. The molecule has 0 aliphatic heterocycles. The fraction of sp³-hybridized carbons (Fsp3) is 0.400. The number of furan rings is 1. The van der Waals surface area contributed by atoms with Gasteiger partial charge in [0, 0.05) is 6.54 Å². The fourth-order valence-electron chi connectivity index (χ4n) is 1.74. The SMILES string of the molecule is CC(C)(C)CNC(=O)c1nc[nH]c1C(=O)NCc1ccco1. The molecule has 0 atom stereocenters. The zero-order valence-electron chi connectivity index (χ0n) is 12.9. The molecule has 0 aliphatic rings. The summed E-state index contributed by atoms with van der Waals surface area (Å²) >= 11 is 0. The number of carbonyl (C=O) groups excluding carboxylic acids is 2. The third kappa shape index (κ3) is 4.21. The lowest BCUT2D eigenvalue weighted by Crippen LogP contribution is -2.34. The topological polar surface area (TPSA) is 100 Å². The molecule has 0 saturated heterocycles. The Kier molecular flexibility index (Phi) is 4.65. The molecule has 0 radical (unpaired) electrons. The Morgan fingerprint density at radius 3 is 2.68 bits per heavy atom. The minimum absolute atomic E-state index is 0.0479. The number of hydrogen-bond acceptors (Lipinski definition) is 4. The lowest BCUT2D eigenvalue weighted by molar-refractivity contribution is 0.0904. The van der Waals surface area contributed by atoms with E-state index in [2.05, 4.69) is 20.6 Å². The van der Waals surface area contributed by atoms with Crippen LogP contribution < -0.4 is 10.6 Å². The van der Waals surface area contributed by atoms with Gasteiger partial charge in [0.25, 0.3) is 11.8 Å². The Balaban J connectivity index is 1.99. The maximum absolute atomic E-state index is 12.1. The molecule has 0 spiro atoms. The molecule has 0 fully saturated rings. The monoisotopic (exact) mass is 304 g/mol. The molecule has 2 rings (SSSR count). The highest BCUT2D eigenvalue weighted by molar-refractivity contribution is 6.04. The maximum Gasteiger partial charge on any atom is 0.272 e. The Morgan fingerprint density at radius 1 is 1.27 bits per heavy atom. The Bertz CT molecular complexity index is 638. The highest BCUT2D eigenvalue weighted by Crippen LogP contribution is 2.11. The number of aromatic amines is 1. The van der Waals surface area contributed by atoms with Gasteiger partial charge in [-0.05, 0) is 17.5 Å². The van der Waals surface area contributed by atoms with Crippen molar-refractivity contribution in [3.05, 3.63) is 41.9 Å². The molecule has 118 valence electrons. The number of imidazole rings is 1. The smallest absolute Gasteiger partial charge is 0.272 e. The lowest BCUT2D eigenvalue weighted by atomic mass is 9.97. The first kappa shape index (κ1) is 15.8. The first-order chi connectivity index (χ1) is 10.4. The third-order valence-corrected chi connectivity index (χ3v) is 2.86. The average molecular weight is 304 g/mol. The Hall–Kier alpha value is -2.57. The van der Waals surface area contributed by atoms with E-state index in [4.69, 9.17) is 4.42 Å². The van der Waals surface area contributed by atoms with Gasteiger partial charge in [-0.25, -0.2) is 4.98 Å². The molecule has 2 aromatic heterocycles. The van der Waals surface area contributed by atoms with Gasteiger partial charge in [-0.15, -0.1) is 0 Å². The Labute approximate surface area is 128 Å². The summed E-state index contributed by atoms with van der Waals surface area (Å²) in [7, 11) is 0. The number of H-pyrrole nitrogens is 1. The third-order valence-electron chi connectivity index (χ3n) is 2.86. The molecule has 2 aromatic rings. The molecule has 7 heteroatoms. The van der Waals surface area contributed by atoms with Gasteiger partial charge >= 0.3 is 0 Å². The van der Waals surface area contributed by atoms with Crippen molar-refractivity contribution in [2.75, 3.05) is 6.54 Å². The van der Waals surface area contributed by atoms with Gasteiger partial charge in [0.15, 0.2) is 5.69 Å². The van der Waals surface area contributed by atoms with Gasteiger partial charge < -0.3 is 20.0 Å². The second-order valence-electron chi connectivity index (χ2n) is 6.13. The summed E-state index contributed by atoms with van der Waals surface area (Å²) in [5.41, 5.74) is 0.174. The molecule has 22 heavy (non-hydrogen) atoms. The molecule has 2 heterocycles. The Morgan fingerprint density at radius 2 is 2.05 bits per heavy atom. The van der Waals surface area contributed by atoms with Crippen LogP contribution in [0.25, 0.3) is 0 Å². The van der Waals surface area contributed by atoms with Crippen LogP contribution in [-0.2, 0) is 6.54 Å². The van der Waals surface area contributed by atoms with Crippen molar-refractivity contribution in [3.8, 4) is 0 Å². The van der Waals surface area contributed by atoms with E-state index in [1.165, 1.54) is 12.6 Å². The number of nitrogens with zero attached hydrogens (tertiary/aromatic N) is 1. The highest BCUT2D eigenvalue weighted by Gasteiger charge is 2.21. The quantitative estimate of drug-likeness (QED) is 0.783. The van der Waals surface area contributed by atoms with Crippen LogP contribution in [0.2, 0.25) is 0 Å². The summed E-state index contributed by atoms with van der Waals surface area (Å²) in [4.78, 5) is 30.9. The van der Waals surface area contributed by atoms with Crippen LogP contribution in [0.15, 0.2) is 29.1 Å². The van der Waals surface area contributed by atoms with E-state index >= 15 is 0 Å². The van der Waals surface area contributed by atoms with Crippen LogP contribution in [0.5, 0.6) is 0 Å². The largest absolute Gasteiger partial charge is 0.467 e. The molecule has 2 amide bonds. The molecule has 3 N–H and O–H groups in total. The van der Waals surface area contributed by atoms with Crippen molar-refractivity contribution in [2.45, 2.75) is 27.3 Å². The summed E-state index contributed by atoms with van der Waals surface area (Å²) in [6.07, 6.45) is 2.86. The van der Waals surface area contributed by atoms with E-state index in [1.807, 2.05) is 20.8 Å². The number of carbonyl (C=O) groups is 2. The van der Waals surface area contributed by atoms with Gasteiger partial charge in [0.2, 0.25) is 0 Å². The molecule has 0 unspecified atom stereocenters. The van der Waals surface area contributed by atoms with Gasteiger partial charge in [-0.3, -0.25) is 9.59 Å². The molecular formula is C15H20N4O3. The molecule has 0 saturated carbocycles. The van der Waals surface area contributed by atoms with Gasteiger partial charge in [-0.2, -0.15) is 0 Å². The van der Waals surface area contributed by atoms with Crippen LogP contribution in [0, 0.1) is 5.41 Å². The number of rotatable bonds is 5. The van der Waals surface area contributed by atoms with E-state index in [1.54, 1.807) is 12.1 Å². The second kappa shape index (κ2) is 6.46. The number of amides is 2. The minimum Gasteiger partial charge on any atom is -0.467 e. The normalized spacial score (nSPS) is 11.2. The van der Waals surface area contributed by atoms with Gasteiger partial charge in [0.05, 0.1) is 19.1 Å². The summed E-state index contributed by atoms with van der Waals surface area (Å²) in [5, 5.41) is 5.44. The van der Waals surface area contributed by atoms with Crippen LogP contribution in [-0.4, -0.2) is 28.3 Å². The minimum atomic E-state index is -0.408. The fourth-order valence-corrected chi connectivity index (χ4v) is 1.74. The number of aromatic nitrogens is 2. The van der Waals surface area contributed by atoms with Crippen molar-refractivity contribution in [2.24, 2.45) is 5.41 Å².